The average molecular weight is 279 g/mol. The molecule has 1 unspecified atom stereocenters. The molecule has 0 aliphatic heterocycles. The van der Waals surface area contributed by atoms with Crippen molar-refractivity contribution in [3.8, 4) is 0 Å². The third kappa shape index (κ3) is 2.78. The lowest BCUT2D eigenvalue weighted by molar-refractivity contribution is -0.0763. The van der Waals surface area contributed by atoms with E-state index >= 15 is 0 Å². The van der Waals surface area contributed by atoms with Gasteiger partial charge in [0.1, 0.15) is 0 Å². The monoisotopic (exact) mass is 279 g/mol. The molecule has 116 valence electrons. The fourth-order valence-electron chi connectivity index (χ4n) is 5.77. The molecular formula is C18H33NO. The van der Waals surface area contributed by atoms with E-state index in [4.69, 9.17) is 4.74 Å². The summed E-state index contributed by atoms with van der Waals surface area (Å²) < 4.78 is 5.84. The highest BCUT2D eigenvalue weighted by atomic mass is 16.5. The van der Waals surface area contributed by atoms with Gasteiger partial charge in [-0.25, -0.2) is 0 Å². The molecule has 0 radical (unpaired) electrons. The van der Waals surface area contributed by atoms with E-state index in [1.165, 1.54) is 38.5 Å². The predicted molar refractivity (Wildman–Crippen MR) is 83.8 cm³/mol. The second-order valence-corrected chi connectivity index (χ2v) is 8.58. The normalized spacial score (nSPS) is 41.1. The summed E-state index contributed by atoms with van der Waals surface area (Å²) >= 11 is 0. The van der Waals surface area contributed by atoms with Crippen molar-refractivity contribution in [2.24, 2.45) is 23.2 Å². The Morgan fingerprint density at radius 1 is 1.10 bits per heavy atom. The maximum Gasteiger partial charge on any atom is 0.0750 e. The Balaban J connectivity index is 1.61. The van der Waals surface area contributed by atoms with Crippen molar-refractivity contribution in [3.63, 3.8) is 0 Å². The molecule has 2 heteroatoms. The number of hydrogen-bond donors (Lipinski definition) is 1. The molecule has 1 atom stereocenters. The van der Waals surface area contributed by atoms with Crippen molar-refractivity contribution in [2.45, 2.75) is 77.9 Å². The summed E-state index contributed by atoms with van der Waals surface area (Å²) in [4.78, 5) is 0. The number of hydrogen-bond acceptors (Lipinski definition) is 2. The smallest absolute Gasteiger partial charge is 0.0750 e. The van der Waals surface area contributed by atoms with Crippen LogP contribution in [0.1, 0.15) is 66.2 Å². The third-order valence-electron chi connectivity index (χ3n) is 6.37. The Hall–Kier alpha value is -0.0800. The van der Waals surface area contributed by atoms with Gasteiger partial charge in [-0.2, -0.15) is 0 Å². The maximum atomic E-state index is 5.84. The first-order valence-corrected chi connectivity index (χ1v) is 8.80. The lowest BCUT2D eigenvalue weighted by Gasteiger charge is -2.59. The minimum Gasteiger partial charge on any atom is -0.375 e. The molecule has 4 rings (SSSR count). The van der Waals surface area contributed by atoms with Crippen LogP contribution < -0.4 is 5.32 Å². The Kier molecular flexibility index (Phi) is 3.92. The van der Waals surface area contributed by atoms with E-state index < -0.39 is 0 Å². The standard InChI is InChI=1S/C18H33NO/c1-5-20-17(3,4)12-19-13(2)18-9-14-6-15(10-18)8-16(7-14)11-18/h13-16,19H,5-12H2,1-4H3. The fourth-order valence-corrected chi connectivity index (χ4v) is 5.77. The van der Waals surface area contributed by atoms with Gasteiger partial charge in [-0.15, -0.1) is 0 Å². The quantitative estimate of drug-likeness (QED) is 0.793. The third-order valence-corrected chi connectivity index (χ3v) is 6.37. The first kappa shape index (κ1) is 14.8. The summed E-state index contributed by atoms with van der Waals surface area (Å²) in [6.07, 6.45) is 9.08. The van der Waals surface area contributed by atoms with Gasteiger partial charge in [0.25, 0.3) is 0 Å². The molecule has 0 aromatic rings. The van der Waals surface area contributed by atoms with Gasteiger partial charge in [0.05, 0.1) is 5.60 Å². The lowest BCUT2D eigenvalue weighted by Crippen LogP contribution is -2.56. The van der Waals surface area contributed by atoms with Crippen LogP contribution in [0.5, 0.6) is 0 Å². The van der Waals surface area contributed by atoms with Crippen LogP contribution in [-0.2, 0) is 4.74 Å². The first-order chi connectivity index (χ1) is 9.42. The van der Waals surface area contributed by atoms with Crippen LogP contribution in [0.25, 0.3) is 0 Å². The number of nitrogens with one attached hydrogen (secondary N) is 1. The Morgan fingerprint density at radius 3 is 2.05 bits per heavy atom. The zero-order valence-electron chi connectivity index (χ0n) is 13.9. The van der Waals surface area contributed by atoms with Gasteiger partial charge in [-0.3, -0.25) is 0 Å². The van der Waals surface area contributed by atoms with Crippen LogP contribution in [0.15, 0.2) is 0 Å². The molecule has 4 aliphatic rings. The zero-order valence-corrected chi connectivity index (χ0v) is 13.9. The Bertz CT molecular complexity index is 314. The lowest BCUT2D eigenvalue weighted by atomic mass is 9.48. The first-order valence-electron chi connectivity index (χ1n) is 8.80. The molecule has 0 aromatic carbocycles. The van der Waals surface area contributed by atoms with Crippen molar-refractivity contribution in [3.05, 3.63) is 0 Å². The predicted octanol–water partition coefficient (Wildman–Crippen LogP) is 4.00. The van der Waals surface area contributed by atoms with Crippen molar-refractivity contribution < 1.29 is 4.74 Å². The summed E-state index contributed by atoms with van der Waals surface area (Å²) in [6, 6.07) is 0.649. The molecule has 0 spiro atoms. The van der Waals surface area contributed by atoms with Gasteiger partial charge in [0.2, 0.25) is 0 Å². The van der Waals surface area contributed by atoms with Gasteiger partial charge in [0, 0.05) is 19.2 Å². The molecule has 4 aliphatic carbocycles. The van der Waals surface area contributed by atoms with E-state index in [1.54, 1.807) is 0 Å². The van der Waals surface area contributed by atoms with E-state index in [-0.39, 0.29) is 5.60 Å². The van der Waals surface area contributed by atoms with Crippen molar-refractivity contribution in [1.29, 1.82) is 0 Å². The van der Waals surface area contributed by atoms with Crippen LogP contribution in [0.4, 0.5) is 0 Å². The minimum absolute atomic E-state index is 0.0364. The molecule has 0 aromatic heterocycles. The van der Waals surface area contributed by atoms with Gasteiger partial charge in [-0.05, 0) is 89.4 Å². The second-order valence-electron chi connectivity index (χ2n) is 8.58. The summed E-state index contributed by atoms with van der Waals surface area (Å²) in [5.74, 6) is 3.14. The van der Waals surface area contributed by atoms with E-state index in [1.807, 2.05) is 0 Å². The topological polar surface area (TPSA) is 21.3 Å². The van der Waals surface area contributed by atoms with Crippen LogP contribution in [0.2, 0.25) is 0 Å². The fraction of sp³-hybridized carbons (Fsp3) is 1.00. The molecule has 0 heterocycles. The number of ether oxygens (including phenoxy) is 1. The summed E-state index contributed by atoms with van der Waals surface area (Å²) in [5, 5.41) is 3.84. The highest BCUT2D eigenvalue weighted by Crippen LogP contribution is 2.61. The van der Waals surface area contributed by atoms with Crippen LogP contribution in [0.3, 0.4) is 0 Å². The molecule has 0 saturated heterocycles. The molecule has 4 fully saturated rings. The van der Waals surface area contributed by atoms with Crippen LogP contribution in [-0.4, -0.2) is 24.8 Å². The van der Waals surface area contributed by atoms with E-state index in [9.17, 15) is 0 Å². The molecular weight excluding hydrogens is 246 g/mol. The van der Waals surface area contributed by atoms with Crippen molar-refractivity contribution in [1.82, 2.24) is 5.32 Å². The number of rotatable bonds is 6. The van der Waals surface area contributed by atoms with E-state index in [0.29, 0.717) is 11.5 Å². The summed E-state index contributed by atoms with van der Waals surface area (Å²) in [6.45, 7) is 10.7. The highest BCUT2D eigenvalue weighted by Gasteiger charge is 2.53. The van der Waals surface area contributed by atoms with Crippen molar-refractivity contribution in [2.75, 3.05) is 13.2 Å². The van der Waals surface area contributed by atoms with Gasteiger partial charge < -0.3 is 10.1 Å². The SMILES string of the molecule is CCOC(C)(C)CNC(C)C12CC3CC(CC(C3)C1)C2. The average Bonchev–Trinajstić information content (AvgIpc) is 2.34. The maximum absolute atomic E-state index is 5.84. The zero-order chi connectivity index (χ0) is 14.4. The molecule has 4 bridgehead atoms. The summed E-state index contributed by atoms with van der Waals surface area (Å²) in [5.41, 5.74) is 0.572. The highest BCUT2D eigenvalue weighted by molar-refractivity contribution is 5.05. The van der Waals surface area contributed by atoms with Crippen LogP contribution >= 0.6 is 0 Å². The van der Waals surface area contributed by atoms with Gasteiger partial charge in [-0.1, -0.05) is 0 Å². The van der Waals surface area contributed by atoms with Crippen molar-refractivity contribution >= 4 is 0 Å². The molecule has 2 nitrogen and oxygen atoms in total. The molecule has 0 amide bonds. The van der Waals surface area contributed by atoms with E-state index in [0.717, 1.165) is 30.9 Å². The van der Waals surface area contributed by atoms with Gasteiger partial charge in [0.15, 0.2) is 0 Å². The second kappa shape index (κ2) is 5.28. The Labute approximate surface area is 125 Å². The summed E-state index contributed by atoms with van der Waals surface area (Å²) in [7, 11) is 0. The van der Waals surface area contributed by atoms with E-state index in [2.05, 4.69) is 33.0 Å². The van der Waals surface area contributed by atoms with Crippen LogP contribution in [0, 0.1) is 23.2 Å². The molecule has 4 saturated carbocycles. The molecule has 20 heavy (non-hydrogen) atoms. The Morgan fingerprint density at radius 2 is 1.60 bits per heavy atom. The largest absolute Gasteiger partial charge is 0.375 e. The van der Waals surface area contributed by atoms with Gasteiger partial charge >= 0.3 is 0 Å². The minimum atomic E-state index is -0.0364. The molecule has 1 N–H and O–H groups in total.